The third kappa shape index (κ3) is 3.53. The molecule has 30 heavy (non-hydrogen) atoms. The first-order chi connectivity index (χ1) is 14.6. The van der Waals surface area contributed by atoms with Gasteiger partial charge in [-0.3, -0.25) is 19.6 Å². The zero-order chi connectivity index (χ0) is 21.1. The van der Waals surface area contributed by atoms with Gasteiger partial charge in [-0.1, -0.05) is 18.2 Å². The van der Waals surface area contributed by atoms with Gasteiger partial charge in [0, 0.05) is 30.7 Å². The van der Waals surface area contributed by atoms with Gasteiger partial charge in [0.1, 0.15) is 17.6 Å². The molecular weight excluding hydrogens is 382 g/mol. The van der Waals surface area contributed by atoms with Crippen molar-refractivity contribution in [3.63, 3.8) is 0 Å². The maximum Gasteiger partial charge on any atom is 0.296 e. The van der Waals surface area contributed by atoms with Gasteiger partial charge in [-0.15, -0.1) is 0 Å². The van der Waals surface area contributed by atoms with E-state index in [1.54, 1.807) is 55.8 Å². The molecule has 3 aromatic rings. The predicted molar refractivity (Wildman–Crippen MR) is 109 cm³/mol. The molecule has 0 aliphatic carbocycles. The minimum atomic E-state index is -0.804. The molecule has 1 saturated heterocycles. The van der Waals surface area contributed by atoms with Crippen LogP contribution in [0.15, 0.2) is 78.8 Å². The summed E-state index contributed by atoms with van der Waals surface area (Å²) >= 11 is 0. The number of pyridine rings is 2. The van der Waals surface area contributed by atoms with Gasteiger partial charge >= 0.3 is 0 Å². The molecular formula is C23H19N3O4. The number of ketones is 1. The summed E-state index contributed by atoms with van der Waals surface area (Å²) in [6.45, 7) is 0.183. The van der Waals surface area contributed by atoms with Crippen molar-refractivity contribution in [1.29, 1.82) is 0 Å². The van der Waals surface area contributed by atoms with Crippen LogP contribution in [-0.4, -0.2) is 38.8 Å². The molecule has 0 saturated carbocycles. The summed E-state index contributed by atoms with van der Waals surface area (Å²) in [6.07, 6.45) is 4.62. The fourth-order valence-corrected chi connectivity index (χ4v) is 3.48. The minimum Gasteiger partial charge on any atom is -0.507 e. The van der Waals surface area contributed by atoms with Crippen molar-refractivity contribution in [3.05, 3.63) is 95.6 Å². The van der Waals surface area contributed by atoms with E-state index in [4.69, 9.17) is 4.74 Å². The molecule has 1 aromatic carbocycles. The van der Waals surface area contributed by atoms with Gasteiger partial charge in [-0.2, -0.15) is 0 Å². The number of amides is 1. The van der Waals surface area contributed by atoms with Gasteiger partial charge in [0.2, 0.25) is 0 Å². The second kappa shape index (κ2) is 8.16. The maximum atomic E-state index is 12.9. The monoisotopic (exact) mass is 401 g/mol. The topological polar surface area (TPSA) is 92.6 Å². The van der Waals surface area contributed by atoms with Crippen LogP contribution in [0.4, 0.5) is 0 Å². The first kappa shape index (κ1) is 19.3. The lowest BCUT2D eigenvalue weighted by Crippen LogP contribution is -2.29. The van der Waals surface area contributed by atoms with Crippen LogP contribution in [0.3, 0.4) is 0 Å². The van der Waals surface area contributed by atoms with Gasteiger partial charge in [0.05, 0.1) is 18.4 Å². The average Bonchev–Trinajstić information content (AvgIpc) is 3.05. The second-order valence-corrected chi connectivity index (χ2v) is 6.77. The number of aliphatic hydroxyl groups excluding tert-OH is 1. The number of benzene rings is 1. The van der Waals surface area contributed by atoms with Crippen molar-refractivity contribution in [2.45, 2.75) is 12.6 Å². The molecule has 1 fully saturated rings. The van der Waals surface area contributed by atoms with E-state index in [1.807, 2.05) is 12.1 Å². The molecule has 7 nitrogen and oxygen atoms in total. The van der Waals surface area contributed by atoms with E-state index in [0.29, 0.717) is 17.0 Å². The Bertz CT molecular complexity index is 1100. The Kier molecular flexibility index (Phi) is 5.26. The fourth-order valence-electron chi connectivity index (χ4n) is 3.48. The second-order valence-electron chi connectivity index (χ2n) is 6.77. The number of aliphatic hydroxyl groups is 1. The molecule has 0 spiro atoms. The molecule has 2 aromatic heterocycles. The third-order valence-corrected chi connectivity index (χ3v) is 4.97. The van der Waals surface area contributed by atoms with Gasteiger partial charge in [-0.05, 0) is 42.0 Å². The van der Waals surface area contributed by atoms with Crippen LogP contribution in [0.2, 0.25) is 0 Å². The number of rotatable bonds is 5. The number of nitrogens with zero attached hydrogens (tertiary/aromatic N) is 3. The Labute approximate surface area is 173 Å². The van der Waals surface area contributed by atoms with E-state index < -0.39 is 17.7 Å². The van der Waals surface area contributed by atoms with Gasteiger partial charge < -0.3 is 14.7 Å². The molecule has 1 unspecified atom stereocenters. The third-order valence-electron chi connectivity index (χ3n) is 4.97. The molecule has 1 N–H and O–H groups in total. The molecule has 1 aliphatic rings. The number of carbonyl (C=O) groups is 2. The normalized spacial score (nSPS) is 17.9. The number of hydrogen-bond donors (Lipinski definition) is 1. The SMILES string of the molecule is COc1ccc(CN2C(=O)C(=O)/C(=C(\O)c3ccncc3)C2c2ccccn2)cc1. The Balaban J connectivity index is 1.81. The summed E-state index contributed by atoms with van der Waals surface area (Å²) in [5.74, 6) is -0.978. The van der Waals surface area contributed by atoms with Gasteiger partial charge in [0.25, 0.3) is 11.7 Å². The Hall–Kier alpha value is -4.00. The summed E-state index contributed by atoms with van der Waals surface area (Å²) < 4.78 is 5.18. The van der Waals surface area contributed by atoms with Crippen LogP contribution in [0.1, 0.15) is 22.9 Å². The summed E-state index contributed by atoms with van der Waals surface area (Å²) in [6, 6.07) is 14.9. The average molecular weight is 401 g/mol. The molecule has 4 rings (SSSR count). The fraction of sp³-hybridized carbons (Fsp3) is 0.130. The maximum absolute atomic E-state index is 12.9. The first-order valence-electron chi connectivity index (χ1n) is 9.33. The molecule has 150 valence electrons. The van der Waals surface area contributed by atoms with Crippen molar-refractivity contribution < 1.29 is 19.4 Å². The molecule has 0 radical (unpaired) electrons. The summed E-state index contributed by atoms with van der Waals surface area (Å²) in [5, 5.41) is 10.9. The summed E-state index contributed by atoms with van der Waals surface area (Å²) in [7, 11) is 1.58. The number of likely N-dealkylation sites (tertiary alicyclic amines) is 1. The lowest BCUT2D eigenvalue weighted by molar-refractivity contribution is -0.140. The van der Waals surface area contributed by atoms with Crippen molar-refractivity contribution in [1.82, 2.24) is 14.9 Å². The van der Waals surface area contributed by atoms with Crippen molar-refractivity contribution in [2.24, 2.45) is 0 Å². The van der Waals surface area contributed by atoms with Crippen molar-refractivity contribution in [3.8, 4) is 5.75 Å². The highest BCUT2D eigenvalue weighted by molar-refractivity contribution is 6.46. The largest absolute Gasteiger partial charge is 0.507 e. The predicted octanol–water partition coefficient (Wildman–Crippen LogP) is 3.11. The van der Waals surface area contributed by atoms with Crippen LogP contribution in [0, 0.1) is 0 Å². The zero-order valence-corrected chi connectivity index (χ0v) is 16.2. The highest BCUT2D eigenvalue weighted by Gasteiger charge is 2.46. The van der Waals surface area contributed by atoms with E-state index in [2.05, 4.69) is 9.97 Å². The Morgan fingerprint density at radius 2 is 1.77 bits per heavy atom. The highest BCUT2D eigenvalue weighted by Crippen LogP contribution is 2.39. The van der Waals surface area contributed by atoms with Crippen LogP contribution in [0.25, 0.3) is 5.76 Å². The van der Waals surface area contributed by atoms with Crippen molar-refractivity contribution in [2.75, 3.05) is 7.11 Å². The highest BCUT2D eigenvalue weighted by atomic mass is 16.5. The molecule has 1 atom stereocenters. The van der Waals surface area contributed by atoms with E-state index in [0.717, 1.165) is 5.56 Å². The number of hydrogen-bond acceptors (Lipinski definition) is 6. The van der Waals surface area contributed by atoms with E-state index in [-0.39, 0.29) is 17.9 Å². The number of ether oxygens (including phenoxy) is 1. The summed E-state index contributed by atoms with van der Waals surface area (Å²) in [4.78, 5) is 35.6. The molecule has 1 aliphatic heterocycles. The van der Waals surface area contributed by atoms with Crippen LogP contribution in [0.5, 0.6) is 5.75 Å². The van der Waals surface area contributed by atoms with E-state index in [9.17, 15) is 14.7 Å². The van der Waals surface area contributed by atoms with E-state index in [1.165, 1.54) is 17.3 Å². The molecule has 1 amide bonds. The molecule has 3 heterocycles. The first-order valence-corrected chi connectivity index (χ1v) is 9.33. The Morgan fingerprint density at radius 1 is 1.03 bits per heavy atom. The zero-order valence-electron chi connectivity index (χ0n) is 16.2. The number of aromatic nitrogens is 2. The lowest BCUT2D eigenvalue weighted by atomic mass is 9.98. The number of methoxy groups -OCH3 is 1. The Morgan fingerprint density at radius 3 is 2.40 bits per heavy atom. The van der Waals surface area contributed by atoms with Gasteiger partial charge in [0.15, 0.2) is 0 Å². The molecule has 7 heteroatoms. The standard InChI is InChI=1S/C23H19N3O4/c1-30-17-7-5-15(6-8-17)14-26-20(18-4-2-3-11-25-18)19(22(28)23(26)29)21(27)16-9-12-24-13-10-16/h2-13,20,27H,14H2,1H3/b21-19-. The quantitative estimate of drug-likeness (QED) is 0.401. The number of carbonyl (C=O) groups excluding carboxylic acids is 2. The van der Waals surface area contributed by atoms with Crippen LogP contribution >= 0.6 is 0 Å². The minimum absolute atomic E-state index is 0.0124. The van der Waals surface area contributed by atoms with Crippen molar-refractivity contribution >= 4 is 17.4 Å². The summed E-state index contributed by atoms with van der Waals surface area (Å²) in [5.41, 5.74) is 1.75. The smallest absolute Gasteiger partial charge is 0.296 e. The lowest BCUT2D eigenvalue weighted by Gasteiger charge is -2.24. The number of Topliss-reactive ketones (excluding diaryl/α,β-unsaturated/α-hetero) is 1. The van der Waals surface area contributed by atoms with E-state index >= 15 is 0 Å². The van der Waals surface area contributed by atoms with Crippen LogP contribution in [-0.2, 0) is 16.1 Å². The molecule has 0 bridgehead atoms. The van der Waals surface area contributed by atoms with Gasteiger partial charge in [-0.25, -0.2) is 0 Å². The van der Waals surface area contributed by atoms with Crippen LogP contribution < -0.4 is 4.74 Å².